The minimum atomic E-state index is -4.94. The van der Waals surface area contributed by atoms with Crippen LogP contribution < -0.4 is 28.5 Å². The molecule has 0 spiro atoms. The number of benzene rings is 3. The average Bonchev–Trinajstić information content (AvgIpc) is 3.63. The van der Waals surface area contributed by atoms with E-state index in [0.29, 0.717) is 0 Å². The molecule has 0 atom stereocenters. The first-order chi connectivity index (χ1) is 19.7. The number of thiazole rings is 1. The molecular formula is C31H30ClN3O4S2. The molecule has 2 aromatic heterocycles. The van der Waals surface area contributed by atoms with E-state index in [2.05, 4.69) is 120 Å². The molecule has 0 radical (unpaired) electrons. The third kappa shape index (κ3) is 6.22. The second-order valence-electron chi connectivity index (χ2n) is 9.27. The van der Waals surface area contributed by atoms with E-state index in [4.69, 9.17) is 18.6 Å². The lowest BCUT2D eigenvalue weighted by Crippen LogP contribution is -2.68. The van der Waals surface area contributed by atoms with E-state index < -0.39 is 10.2 Å². The van der Waals surface area contributed by atoms with Gasteiger partial charge in [0.2, 0.25) is 5.52 Å². The van der Waals surface area contributed by atoms with Gasteiger partial charge in [0, 0.05) is 45.6 Å². The predicted octanol–water partition coefficient (Wildman–Crippen LogP) is 3.89. The van der Waals surface area contributed by atoms with Crippen LogP contribution in [-0.2, 0) is 13.1 Å². The van der Waals surface area contributed by atoms with Crippen molar-refractivity contribution >= 4 is 67.5 Å². The molecule has 1 N–H and O–H groups in total. The zero-order valence-corrected chi connectivity index (χ0v) is 25.3. The minimum Gasteiger partial charge on any atom is -0.349 e. The molecule has 0 aliphatic carbocycles. The summed E-state index contributed by atoms with van der Waals surface area (Å²) in [6.45, 7) is 8.63. The summed E-state index contributed by atoms with van der Waals surface area (Å²) in [6.07, 6.45) is 5.60. The Kier molecular flexibility index (Phi) is 8.86. The van der Waals surface area contributed by atoms with Gasteiger partial charge in [-0.15, -0.1) is 10.2 Å². The second-order valence-corrected chi connectivity index (χ2v) is 12.1. The number of rotatable bonds is 6. The van der Waals surface area contributed by atoms with Crippen LogP contribution in [0.5, 0.6) is 0 Å². The van der Waals surface area contributed by atoms with E-state index in [-0.39, 0.29) is 0 Å². The van der Waals surface area contributed by atoms with Gasteiger partial charge in [-0.1, -0.05) is 78.6 Å². The van der Waals surface area contributed by atoms with Crippen LogP contribution >= 0.6 is 23.1 Å². The third-order valence-corrected chi connectivity index (χ3v) is 9.19. The van der Waals surface area contributed by atoms with Crippen molar-refractivity contribution < 1.29 is 33.4 Å². The number of nitrogens with zero attached hydrogens (tertiary/aromatic N) is 2. The van der Waals surface area contributed by atoms with Crippen LogP contribution in [0.2, 0.25) is 0 Å². The zero-order chi connectivity index (χ0) is 29.1. The number of halogens is 1. The molecule has 212 valence electrons. The molecule has 3 aromatic carbocycles. The van der Waals surface area contributed by atoms with Crippen molar-refractivity contribution in [3.05, 3.63) is 94.2 Å². The Morgan fingerprint density at radius 1 is 0.878 bits per heavy atom. The van der Waals surface area contributed by atoms with Crippen LogP contribution in [0.25, 0.3) is 38.7 Å². The Morgan fingerprint density at radius 2 is 1.54 bits per heavy atom. The van der Waals surface area contributed by atoms with Crippen LogP contribution in [0, 0.1) is 10.2 Å². The molecule has 0 amide bonds. The van der Waals surface area contributed by atoms with Crippen LogP contribution in [0.15, 0.2) is 82.7 Å². The molecule has 0 saturated heterocycles. The quantitative estimate of drug-likeness (QED) is 0.293. The zero-order valence-electron chi connectivity index (χ0n) is 22.9. The van der Waals surface area contributed by atoms with Gasteiger partial charge < -0.3 is 9.88 Å². The van der Waals surface area contributed by atoms with Crippen molar-refractivity contribution in [2.45, 2.75) is 45.2 Å². The van der Waals surface area contributed by atoms with Gasteiger partial charge in [0.25, 0.3) is 5.01 Å². The highest BCUT2D eigenvalue weighted by atomic mass is 35.7. The fourth-order valence-corrected chi connectivity index (χ4v) is 7.55. The Balaban J connectivity index is 0.000000623. The van der Waals surface area contributed by atoms with Crippen LogP contribution in [0.3, 0.4) is 0 Å². The highest BCUT2D eigenvalue weighted by Gasteiger charge is 2.24. The summed E-state index contributed by atoms with van der Waals surface area (Å²) in [5, 5.41) is 8.87. The summed E-state index contributed by atoms with van der Waals surface area (Å²) >= 11 is 3.72. The number of anilines is 1. The first-order valence-corrected chi connectivity index (χ1v) is 16.2. The molecule has 1 aliphatic rings. The van der Waals surface area contributed by atoms with Crippen molar-refractivity contribution in [3.8, 4) is 0 Å². The molecule has 41 heavy (non-hydrogen) atoms. The first kappa shape index (κ1) is 29.3. The van der Waals surface area contributed by atoms with E-state index in [9.17, 15) is 0 Å². The van der Waals surface area contributed by atoms with Crippen molar-refractivity contribution in [3.63, 3.8) is 0 Å². The number of allylic oxidation sites excluding steroid dienone is 1. The summed E-state index contributed by atoms with van der Waals surface area (Å²) in [5.41, 5.74) is 6.49. The monoisotopic (exact) mass is 607 g/mol. The smallest absolute Gasteiger partial charge is 0.262 e. The number of aromatic nitrogens is 2. The Bertz CT molecular complexity index is 1740. The maximum absolute atomic E-state index is 8.49. The van der Waals surface area contributed by atoms with Gasteiger partial charge in [-0.25, -0.2) is 18.6 Å². The number of nitrogens with one attached hydrogen (secondary N) is 1. The van der Waals surface area contributed by atoms with E-state index in [1.165, 1.54) is 58.6 Å². The van der Waals surface area contributed by atoms with Crippen molar-refractivity contribution in [2.75, 3.05) is 5.32 Å². The highest BCUT2D eigenvalue weighted by molar-refractivity contribution is 8.04. The number of fused-ring (bicyclic) bond motifs is 3. The number of aryl methyl sites for hydroxylation is 1. The minimum absolute atomic E-state index is 0.915. The lowest BCUT2D eigenvalue weighted by atomic mass is 10.1. The van der Waals surface area contributed by atoms with Crippen LogP contribution in [-0.4, -0.2) is 4.57 Å². The van der Waals surface area contributed by atoms with Gasteiger partial charge in [0.05, 0.1) is 16.4 Å². The molecule has 0 saturated carbocycles. The fourth-order valence-electron chi connectivity index (χ4n) is 5.30. The standard InChI is InChI=1S/C31H29N3S2.ClHO4/c1-4-21(31-32-24-15-9-11-17-27(24)36-31)30-23-14-8-7-13-22(23)25(34(30)6-3)19-20-29-33(5-2)26-16-10-12-18-28(26)35-29;2-1(3,4)5/h7-20H,4-6H2,1-3H3;(H,2,3,4,5). The molecule has 10 heteroatoms. The van der Waals surface area contributed by atoms with Gasteiger partial charge in [-0.3, -0.25) is 0 Å². The highest BCUT2D eigenvalue weighted by Crippen LogP contribution is 2.46. The lowest BCUT2D eigenvalue weighted by molar-refractivity contribution is -2.00. The van der Waals surface area contributed by atoms with E-state index in [0.717, 1.165) is 19.5 Å². The molecule has 0 unspecified atom stereocenters. The molecule has 1 aliphatic heterocycles. The maximum Gasteiger partial charge on any atom is 0.262 e. The number of hydrogen-bond donors (Lipinski definition) is 1. The summed E-state index contributed by atoms with van der Waals surface area (Å²) in [6, 6.07) is 26.2. The largest absolute Gasteiger partial charge is 0.349 e. The SMILES string of the molecule is CC/C(=C1\Nc2ccccc2S1)c1c2ccccc2c(/C=C/c2sc3ccccc3[n+]2CC)n1CC.[O-][Cl+3]([O-])([O-])[O-]. The summed E-state index contributed by atoms with van der Waals surface area (Å²) in [4.78, 5) is 1.30. The maximum atomic E-state index is 8.49. The van der Waals surface area contributed by atoms with E-state index >= 15 is 0 Å². The van der Waals surface area contributed by atoms with Gasteiger partial charge in [0.15, 0.2) is 0 Å². The number of thioether (sulfide) groups is 1. The van der Waals surface area contributed by atoms with Crippen LogP contribution in [0.4, 0.5) is 5.69 Å². The average molecular weight is 608 g/mol. The van der Waals surface area contributed by atoms with E-state index in [1.807, 2.05) is 23.1 Å². The number of para-hydroxylation sites is 2. The normalized spacial score (nSPS) is 14.3. The van der Waals surface area contributed by atoms with Crippen molar-refractivity contribution in [1.82, 2.24) is 4.57 Å². The Morgan fingerprint density at radius 3 is 2.22 bits per heavy atom. The van der Waals surface area contributed by atoms with E-state index in [1.54, 1.807) is 0 Å². The molecule has 6 rings (SSSR count). The third-order valence-electron chi connectivity index (χ3n) is 6.93. The van der Waals surface area contributed by atoms with Gasteiger partial charge in [-0.2, -0.15) is 4.57 Å². The molecule has 0 bridgehead atoms. The molecule has 7 nitrogen and oxygen atoms in total. The molecule has 3 heterocycles. The summed E-state index contributed by atoms with van der Waals surface area (Å²) in [5.74, 6) is 0. The summed E-state index contributed by atoms with van der Waals surface area (Å²) < 4.78 is 40.2. The Labute approximate surface area is 249 Å². The van der Waals surface area contributed by atoms with Gasteiger partial charge >= 0.3 is 0 Å². The van der Waals surface area contributed by atoms with Crippen LogP contribution in [0.1, 0.15) is 43.6 Å². The molecule has 0 fully saturated rings. The van der Waals surface area contributed by atoms with Crippen molar-refractivity contribution in [1.29, 1.82) is 0 Å². The first-order valence-electron chi connectivity index (χ1n) is 13.3. The van der Waals surface area contributed by atoms with Gasteiger partial charge in [0.1, 0.15) is 11.2 Å². The second kappa shape index (κ2) is 12.4. The van der Waals surface area contributed by atoms with Gasteiger partial charge in [-0.05, 0) is 44.5 Å². The topological polar surface area (TPSA) is 113 Å². The number of hydrogen-bond acceptors (Lipinski definition) is 7. The lowest BCUT2D eigenvalue weighted by Gasteiger charge is -2.17. The Hall–Kier alpha value is -3.15. The summed E-state index contributed by atoms with van der Waals surface area (Å²) in [7, 11) is -4.94. The molecular weight excluding hydrogens is 578 g/mol. The molecule has 5 aromatic rings. The van der Waals surface area contributed by atoms with Crippen molar-refractivity contribution in [2.24, 2.45) is 0 Å². The predicted molar refractivity (Wildman–Crippen MR) is 157 cm³/mol. The fraction of sp³-hybridized carbons (Fsp3) is 0.194.